The van der Waals surface area contributed by atoms with Crippen LogP contribution in [-0.2, 0) is 10.0 Å². The predicted molar refractivity (Wildman–Crippen MR) is 114 cm³/mol. The van der Waals surface area contributed by atoms with Crippen LogP contribution in [0.25, 0.3) is 0 Å². The van der Waals surface area contributed by atoms with E-state index in [4.69, 9.17) is 17.3 Å². The minimum Gasteiger partial charge on any atom is -0.366 e. The Morgan fingerprint density at radius 1 is 1.10 bits per heavy atom. The molecule has 2 amide bonds. The summed E-state index contributed by atoms with van der Waals surface area (Å²) in [6, 6.07) is 13.5. The Bertz CT molecular complexity index is 1190. The van der Waals surface area contributed by atoms with E-state index in [1.54, 1.807) is 23.6 Å². The van der Waals surface area contributed by atoms with Crippen molar-refractivity contribution < 1.29 is 18.0 Å². The molecule has 0 bridgehead atoms. The van der Waals surface area contributed by atoms with Crippen LogP contribution in [0.3, 0.4) is 0 Å². The summed E-state index contributed by atoms with van der Waals surface area (Å²) in [6.07, 6.45) is 0. The van der Waals surface area contributed by atoms with Gasteiger partial charge in [-0.3, -0.25) is 13.9 Å². The third kappa shape index (κ3) is 4.42. The molecule has 0 atom stereocenters. The van der Waals surface area contributed by atoms with E-state index in [0.29, 0.717) is 15.7 Å². The van der Waals surface area contributed by atoms with Crippen molar-refractivity contribution >= 4 is 55.5 Å². The fourth-order valence-electron chi connectivity index (χ4n) is 2.54. The molecule has 150 valence electrons. The van der Waals surface area contributed by atoms with Gasteiger partial charge in [-0.25, -0.2) is 8.42 Å². The van der Waals surface area contributed by atoms with Gasteiger partial charge in [-0.15, -0.1) is 11.3 Å². The van der Waals surface area contributed by atoms with Crippen molar-refractivity contribution in [3.05, 3.63) is 76.1 Å². The second kappa shape index (κ2) is 8.24. The summed E-state index contributed by atoms with van der Waals surface area (Å²) in [7, 11) is -2.52. The first-order valence-corrected chi connectivity index (χ1v) is 10.9. The molecule has 0 spiro atoms. The molecule has 3 aromatic rings. The van der Waals surface area contributed by atoms with Crippen LogP contribution in [-0.4, -0.2) is 27.3 Å². The number of sulfonamides is 1. The van der Waals surface area contributed by atoms with Crippen molar-refractivity contribution in [1.82, 2.24) is 0 Å². The lowest BCUT2D eigenvalue weighted by Crippen LogP contribution is -2.27. The molecule has 0 radical (unpaired) electrons. The Morgan fingerprint density at radius 2 is 1.83 bits per heavy atom. The summed E-state index contributed by atoms with van der Waals surface area (Å²) in [5, 5.41) is 4.91. The van der Waals surface area contributed by atoms with Crippen LogP contribution in [0.4, 0.5) is 10.7 Å². The molecule has 1 aromatic heterocycles. The smallest absolute Gasteiger partial charge is 0.264 e. The van der Waals surface area contributed by atoms with Crippen LogP contribution < -0.4 is 15.4 Å². The van der Waals surface area contributed by atoms with Crippen molar-refractivity contribution in [1.29, 1.82) is 0 Å². The topological polar surface area (TPSA) is 110 Å². The van der Waals surface area contributed by atoms with Crippen molar-refractivity contribution in [3.8, 4) is 0 Å². The number of hydrogen-bond donors (Lipinski definition) is 2. The second-order valence-electron chi connectivity index (χ2n) is 5.96. The van der Waals surface area contributed by atoms with Gasteiger partial charge in [-0.1, -0.05) is 23.7 Å². The first-order chi connectivity index (χ1) is 13.7. The number of nitrogens with two attached hydrogens (primary N) is 1. The number of benzene rings is 2. The van der Waals surface area contributed by atoms with Crippen molar-refractivity contribution in [3.63, 3.8) is 0 Å². The number of hydrogen-bond acceptors (Lipinski definition) is 5. The van der Waals surface area contributed by atoms with Crippen LogP contribution in [0.2, 0.25) is 5.02 Å². The molecular formula is C19H16ClN3O4S2. The standard InChI is InChI=1S/C19H16ClN3O4S2/c1-23(14-6-3-5-13(20)11-14)29(26,27)15-7-2-4-12(10-15)18(25)22-19-16(17(21)24)8-9-28-19/h2-11H,1H3,(H2,21,24)(H,22,25). The number of anilines is 2. The van der Waals surface area contributed by atoms with Crippen molar-refractivity contribution in [2.24, 2.45) is 5.73 Å². The van der Waals surface area contributed by atoms with E-state index in [1.165, 1.54) is 43.4 Å². The largest absolute Gasteiger partial charge is 0.366 e. The van der Waals surface area contributed by atoms with Gasteiger partial charge in [0.15, 0.2) is 0 Å². The van der Waals surface area contributed by atoms with Gasteiger partial charge in [-0.05, 0) is 47.8 Å². The molecule has 0 saturated heterocycles. The first kappa shape index (κ1) is 20.8. The van der Waals surface area contributed by atoms with E-state index in [0.717, 1.165) is 15.6 Å². The fraction of sp³-hybridized carbons (Fsp3) is 0.0526. The average Bonchev–Trinajstić information content (AvgIpc) is 3.16. The van der Waals surface area contributed by atoms with Crippen LogP contribution in [0.5, 0.6) is 0 Å². The Labute approximate surface area is 176 Å². The molecule has 0 aliphatic carbocycles. The molecule has 29 heavy (non-hydrogen) atoms. The number of thiophene rings is 1. The van der Waals surface area contributed by atoms with Crippen LogP contribution in [0.1, 0.15) is 20.7 Å². The first-order valence-electron chi connectivity index (χ1n) is 8.23. The van der Waals surface area contributed by atoms with Crippen molar-refractivity contribution in [2.45, 2.75) is 4.90 Å². The van der Waals surface area contributed by atoms with Gasteiger partial charge in [0.25, 0.3) is 21.8 Å². The minimum atomic E-state index is -3.93. The Balaban J connectivity index is 1.89. The summed E-state index contributed by atoms with van der Waals surface area (Å²) in [5.74, 6) is -1.22. The molecule has 0 fully saturated rings. The lowest BCUT2D eigenvalue weighted by Gasteiger charge is -2.20. The van der Waals surface area contributed by atoms with Gasteiger partial charge >= 0.3 is 0 Å². The number of halogens is 1. The summed E-state index contributed by atoms with van der Waals surface area (Å²) < 4.78 is 27.0. The lowest BCUT2D eigenvalue weighted by atomic mass is 10.2. The molecule has 0 aliphatic heterocycles. The maximum Gasteiger partial charge on any atom is 0.264 e. The zero-order valence-corrected chi connectivity index (χ0v) is 17.5. The fourth-order valence-corrected chi connectivity index (χ4v) is 4.75. The zero-order chi connectivity index (χ0) is 21.2. The van der Waals surface area contributed by atoms with Crippen LogP contribution >= 0.6 is 22.9 Å². The van der Waals surface area contributed by atoms with E-state index < -0.39 is 21.8 Å². The van der Waals surface area contributed by atoms with Gasteiger partial charge in [0.1, 0.15) is 5.00 Å². The monoisotopic (exact) mass is 449 g/mol. The third-order valence-electron chi connectivity index (χ3n) is 4.08. The van der Waals surface area contributed by atoms with E-state index in [9.17, 15) is 18.0 Å². The highest BCUT2D eigenvalue weighted by molar-refractivity contribution is 7.92. The number of primary amides is 1. The highest BCUT2D eigenvalue weighted by Crippen LogP contribution is 2.26. The maximum absolute atomic E-state index is 13.0. The van der Waals surface area contributed by atoms with Gasteiger partial charge in [0.2, 0.25) is 0 Å². The third-order valence-corrected chi connectivity index (χ3v) is 6.93. The second-order valence-corrected chi connectivity index (χ2v) is 9.28. The highest BCUT2D eigenvalue weighted by Gasteiger charge is 2.23. The molecule has 3 N–H and O–H groups in total. The van der Waals surface area contributed by atoms with Crippen LogP contribution in [0, 0.1) is 0 Å². The predicted octanol–water partition coefficient (Wildman–Crippen LogP) is 3.58. The summed E-state index contributed by atoms with van der Waals surface area (Å²) >= 11 is 7.09. The quantitative estimate of drug-likeness (QED) is 0.599. The van der Waals surface area contributed by atoms with Gasteiger partial charge in [0, 0.05) is 17.6 Å². The normalized spacial score (nSPS) is 11.1. The molecule has 1 heterocycles. The number of carbonyl (C=O) groups excluding carboxylic acids is 2. The number of nitrogens with one attached hydrogen (secondary N) is 1. The number of carbonyl (C=O) groups is 2. The molecule has 2 aromatic carbocycles. The lowest BCUT2D eigenvalue weighted by molar-refractivity contribution is 0.100. The molecular weight excluding hydrogens is 434 g/mol. The maximum atomic E-state index is 13.0. The van der Waals surface area contributed by atoms with Gasteiger partial charge in [0.05, 0.1) is 16.1 Å². The zero-order valence-electron chi connectivity index (χ0n) is 15.1. The number of amides is 2. The molecule has 10 heteroatoms. The molecule has 0 saturated carbocycles. The summed E-state index contributed by atoms with van der Waals surface area (Å²) in [5.41, 5.74) is 5.97. The van der Waals surface area contributed by atoms with Gasteiger partial charge < -0.3 is 11.1 Å². The van der Waals surface area contributed by atoms with E-state index in [1.807, 2.05) is 0 Å². The van der Waals surface area contributed by atoms with E-state index in [2.05, 4.69) is 5.32 Å². The van der Waals surface area contributed by atoms with E-state index in [-0.39, 0.29) is 16.0 Å². The molecule has 3 rings (SSSR count). The molecule has 7 nitrogen and oxygen atoms in total. The SMILES string of the molecule is CN(c1cccc(Cl)c1)S(=O)(=O)c1cccc(C(=O)Nc2sccc2C(N)=O)c1. The Kier molecular flexibility index (Phi) is 5.92. The highest BCUT2D eigenvalue weighted by atomic mass is 35.5. The minimum absolute atomic E-state index is 0.0612. The molecule has 0 unspecified atom stereocenters. The number of nitrogens with zero attached hydrogens (tertiary/aromatic N) is 1. The molecule has 0 aliphatic rings. The summed E-state index contributed by atoms with van der Waals surface area (Å²) in [4.78, 5) is 23.9. The average molecular weight is 450 g/mol. The van der Waals surface area contributed by atoms with Crippen molar-refractivity contribution in [2.75, 3.05) is 16.7 Å². The van der Waals surface area contributed by atoms with Crippen LogP contribution in [0.15, 0.2) is 64.9 Å². The number of rotatable bonds is 6. The summed E-state index contributed by atoms with van der Waals surface area (Å²) in [6.45, 7) is 0. The Morgan fingerprint density at radius 3 is 2.52 bits per heavy atom. The van der Waals surface area contributed by atoms with E-state index >= 15 is 0 Å². The van der Waals surface area contributed by atoms with Gasteiger partial charge in [-0.2, -0.15) is 0 Å². The Hall–Kier alpha value is -2.88.